The van der Waals surface area contributed by atoms with Gasteiger partial charge in [0.1, 0.15) is 16.6 Å². The Bertz CT molecular complexity index is 833. The largest absolute Gasteiger partial charge is 0.497 e. The smallest absolute Gasteiger partial charge is 0.257 e. The molecule has 3 rings (SSSR count). The van der Waals surface area contributed by atoms with Gasteiger partial charge < -0.3 is 4.74 Å². The minimum atomic E-state index is -0.315. The Morgan fingerprint density at radius 2 is 1.96 bits per heavy atom. The Morgan fingerprint density at radius 1 is 1.17 bits per heavy atom. The van der Waals surface area contributed by atoms with Gasteiger partial charge in [0.15, 0.2) is 0 Å². The van der Waals surface area contributed by atoms with Crippen LogP contribution in [0.3, 0.4) is 0 Å². The van der Waals surface area contributed by atoms with Crippen LogP contribution in [0, 0.1) is 5.82 Å². The molecule has 3 aromatic rings. The summed E-state index contributed by atoms with van der Waals surface area (Å²) in [5, 5.41) is 11.6. The molecular weight excluding hydrogens is 317 g/mol. The van der Waals surface area contributed by atoms with Crippen molar-refractivity contribution < 1.29 is 13.9 Å². The summed E-state index contributed by atoms with van der Waals surface area (Å²) in [5.74, 6) is -0.0163. The van der Waals surface area contributed by atoms with Gasteiger partial charge in [-0.15, -0.1) is 10.2 Å². The number of hydrogen-bond acceptors (Lipinski definition) is 5. The van der Waals surface area contributed by atoms with Crippen LogP contribution in [-0.2, 0) is 0 Å². The highest BCUT2D eigenvalue weighted by Crippen LogP contribution is 2.26. The molecule has 0 saturated heterocycles. The molecule has 0 spiro atoms. The van der Waals surface area contributed by atoms with Gasteiger partial charge in [0.2, 0.25) is 5.13 Å². The third-order valence-electron chi connectivity index (χ3n) is 3.07. The zero-order chi connectivity index (χ0) is 16.2. The van der Waals surface area contributed by atoms with E-state index >= 15 is 0 Å². The van der Waals surface area contributed by atoms with Gasteiger partial charge in [-0.3, -0.25) is 10.1 Å². The molecule has 0 fully saturated rings. The fourth-order valence-corrected chi connectivity index (χ4v) is 2.66. The lowest BCUT2D eigenvalue weighted by molar-refractivity contribution is 0.102. The Balaban J connectivity index is 1.75. The van der Waals surface area contributed by atoms with Gasteiger partial charge in [-0.2, -0.15) is 0 Å². The molecule has 7 heteroatoms. The number of nitrogens with zero attached hydrogens (tertiary/aromatic N) is 2. The molecule has 1 aromatic heterocycles. The maximum Gasteiger partial charge on any atom is 0.257 e. The molecule has 0 aliphatic heterocycles. The van der Waals surface area contributed by atoms with Crippen LogP contribution >= 0.6 is 11.3 Å². The molecule has 0 unspecified atom stereocenters. The second kappa shape index (κ2) is 6.53. The maximum absolute atomic E-state index is 12.9. The Labute approximate surface area is 135 Å². The molecule has 116 valence electrons. The van der Waals surface area contributed by atoms with Crippen molar-refractivity contribution >= 4 is 22.4 Å². The minimum absolute atomic E-state index is 0.300. The predicted octanol–water partition coefficient (Wildman–Crippen LogP) is 3.61. The highest BCUT2D eigenvalue weighted by Gasteiger charge is 2.12. The molecule has 2 aromatic carbocycles. The molecule has 23 heavy (non-hydrogen) atoms. The van der Waals surface area contributed by atoms with E-state index in [0.29, 0.717) is 21.5 Å². The van der Waals surface area contributed by atoms with E-state index in [4.69, 9.17) is 4.74 Å². The van der Waals surface area contributed by atoms with Gasteiger partial charge in [0.25, 0.3) is 5.91 Å². The van der Waals surface area contributed by atoms with Crippen molar-refractivity contribution in [1.82, 2.24) is 10.2 Å². The first-order valence-electron chi connectivity index (χ1n) is 6.70. The molecule has 0 saturated carbocycles. The summed E-state index contributed by atoms with van der Waals surface area (Å²) in [5.41, 5.74) is 1.20. The topological polar surface area (TPSA) is 64.1 Å². The van der Waals surface area contributed by atoms with Crippen LogP contribution in [-0.4, -0.2) is 23.2 Å². The summed E-state index contributed by atoms with van der Waals surface area (Å²) in [6, 6.07) is 12.7. The Hall–Kier alpha value is -2.80. The van der Waals surface area contributed by atoms with E-state index < -0.39 is 0 Å². The van der Waals surface area contributed by atoms with E-state index in [2.05, 4.69) is 15.5 Å². The number of benzene rings is 2. The summed E-state index contributed by atoms with van der Waals surface area (Å²) >= 11 is 1.22. The van der Waals surface area contributed by atoms with E-state index in [0.717, 1.165) is 5.56 Å². The number of ether oxygens (including phenoxy) is 1. The van der Waals surface area contributed by atoms with Crippen molar-refractivity contribution in [2.45, 2.75) is 0 Å². The fraction of sp³-hybridized carbons (Fsp3) is 0.0625. The molecular formula is C16H12FN3O2S. The van der Waals surface area contributed by atoms with Gasteiger partial charge in [-0.1, -0.05) is 17.4 Å². The molecule has 0 aliphatic carbocycles. The van der Waals surface area contributed by atoms with Gasteiger partial charge >= 0.3 is 0 Å². The van der Waals surface area contributed by atoms with Crippen LogP contribution in [0.1, 0.15) is 10.4 Å². The lowest BCUT2D eigenvalue weighted by atomic mass is 10.2. The Morgan fingerprint density at radius 3 is 2.70 bits per heavy atom. The average Bonchev–Trinajstić information content (AvgIpc) is 3.04. The van der Waals surface area contributed by atoms with Crippen molar-refractivity contribution in [3.05, 3.63) is 59.9 Å². The molecule has 0 atom stereocenters. The second-order valence-corrected chi connectivity index (χ2v) is 5.58. The number of hydrogen-bond donors (Lipinski definition) is 1. The van der Waals surface area contributed by atoms with Crippen LogP contribution in [0.15, 0.2) is 48.5 Å². The number of rotatable bonds is 4. The summed E-state index contributed by atoms with van der Waals surface area (Å²) in [6.07, 6.45) is 0. The van der Waals surface area contributed by atoms with E-state index in [1.54, 1.807) is 36.4 Å². The monoisotopic (exact) mass is 329 g/mol. The summed E-state index contributed by atoms with van der Waals surface area (Å²) in [6.45, 7) is 0. The molecule has 1 amide bonds. The summed E-state index contributed by atoms with van der Waals surface area (Å²) in [7, 11) is 1.54. The van der Waals surface area contributed by atoms with E-state index in [-0.39, 0.29) is 11.7 Å². The Kier molecular flexibility index (Phi) is 4.29. The number of carbonyl (C=O) groups excluding carboxylic acids is 1. The zero-order valence-corrected chi connectivity index (χ0v) is 12.9. The number of nitrogens with one attached hydrogen (secondary N) is 1. The minimum Gasteiger partial charge on any atom is -0.497 e. The number of amides is 1. The predicted molar refractivity (Wildman–Crippen MR) is 86.3 cm³/mol. The molecule has 1 N–H and O–H groups in total. The van der Waals surface area contributed by atoms with Gasteiger partial charge in [0, 0.05) is 11.1 Å². The van der Waals surface area contributed by atoms with Gasteiger partial charge in [-0.05, 0) is 42.5 Å². The normalized spacial score (nSPS) is 10.3. The van der Waals surface area contributed by atoms with Crippen molar-refractivity contribution in [3.63, 3.8) is 0 Å². The first kappa shape index (κ1) is 15.1. The number of anilines is 1. The quantitative estimate of drug-likeness (QED) is 0.794. The van der Waals surface area contributed by atoms with Crippen LogP contribution in [0.25, 0.3) is 10.6 Å². The fourth-order valence-electron chi connectivity index (χ4n) is 1.92. The van der Waals surface area contributed by atoms with E-state index in [9.17, 15) is 9.18 Å². The number of aromatic nitrogens is 2. The molecule has 0 aliphatic rings. The van der Waals surface area contributed by atoms with Gasteiger partial charge in [0.05, 0.1) is 7.11 Å². The lowest BCUT2D eigenvalue weighted by Gasteiger charge is -2.03. The van der Waals surface area contributed by atoms with Crippen molar-refractivity contribution in [1.29, 1.82) is 0 Å². The van der Waals surface area contributed by atoms with Gasteiger partial charge in [-0.25, -0.2) is 4.39 Å². The number of halogens is 1. The van der Waals surface area contributed by atoms with Crippen LogP contribution in [0.4, 0.5) is 9.52 Å². The highest BCUT2D eigenvalue weighted by molar-refractivity contribution is 7.18. The number of carbonyl (C=O) groups is 1. The van der Waals surface area contributed by atoms with Crippen molar-refractivity contribution in [3.8, 4) is 16.3 Å². The molecule has 1 heterocycles. The van der Waals surface area contributed by atoms with Crippen molar-refractivity contribution in [2.75, 3.05) is 12.4 Å². The SMILES string of the molecule is COc1cccc(C(=O)Nc2nnc(-c3ccc(F)cc3)s2)c1. The molecule has 5 nitrogen and oxygen atoms in total. The standard InChI is InChI=1S/C16H12FN3O2S/c1-22-13-4-2-3-11(9-13)14(21)18-16-20-19-15(23-16)10-5-7-12(17)8-6-10/h2-9H,1H3,(H,18,20,21). The summed E-state index contributed by atoms with van der Waals surface area (Å²) in [4.78, 5) is 12.2. The maximum atomic E-state index is 12.9. The molecule has 0 radical (unpaired) electrons. The third kappa shape index (κ3) is 3.51. The van der Waals surface area contributed by atoms with E-state index in [1.807, 2.05) is 0 Å². The first-order valence-corrected chi connectivity index (χ1v) is 7.52. The zero-order valence-electron chi connectivity index (χ0n) is 12.1. The van der Waals surface area contributed by atoms with E-state index in [1.165, 1.54) is 30.6 Å². The van der Waals surface area contributed by atoms with Crippen LogP contribution in [0.5, 0.6) is 5.75 Å². The number of methoxy groups -OCH3 is 1. The summed E-state index contributed by atoms with van der Waals surface area (Å²) < 4.78 is 18.0. The lowest BCUT2D eigenvalue weighted by Crippen LogP contribution is -2.11. The third-order valence-corrected chi connectivity index (χ3v) is 3.96. The average molecular weight is 329 g/mol. The van der Waals surface area contributed by atoms with Crippen LogP contribution in [0.2, 0.25) is 0 Å². The second-order valence-electron chi connectivity index (χ2n) is 4.61. The molecule has 0 bridgehead atoms. The van der Waals surface area contributed by atoms with Crippen molar-refractivity contribution in [2.24, 2.45) is 0 Å². The van der Waals surface area contributed by atoms with Crippen LogP contribution < -0.4 is 10.1 Å². The highest BCUT2D eigenvalue weighted by atomic mass is 32.1. The first-order chi connectivity index (χ1) is 11.2.